The van der Waals surface area contributed by atoms with Gasteiger partial charge < -0.3 is 0 Å². The van der Waals surface area contributed by atoms with Gasteiger partial charge in [0, 0.05) is 36.9 Å². The van der Waals surface area contributed by atoms with Gasteiger partial charge in [0.15, 0.2) is 17.5 Å². The number of hydrogen-bond acceptors (Lipinski definition) is 5. The van der Waals surface area contributed by atoms with E-state index in [0.717, 1.165) is 27.8 Å². The maximum absolute atomic E-state index is 9.64. The lowest BCUT2D eigenvalue weighted by molar-refractivity contribution is 1.07. The molecule has 0 atom stereocenters. The topological polar surface area (TPSA) is 62.5 Å². The summed E-state index contributed by atoms with van der Waals surface area (Å²) in [6, 6.07) is 60.5. The average molecular weight is 669 g/mol. The first kappa shape index (κ1) is 30.3. The van der Waals surface area contributed by atoms with Gasteiger partial charge in [-0.05, 0) is 57.6 Å². The van der Waals surface area contributed by atoms with Gasteiger partial charge in [0.25, 0.3) is 0 Å². The summed E-state index contributed by atoms with van der Waals surface area (Å²) in [5.41, 5.74) is 10.1. The Bertz CT molecular complexity index is 2750. The minimum Gasteiger partial charge on any atom is -0.208 e. The number of nitrogens with zero attached hydrogens (tertiary/aromatic N) is 4. The second kappa shape index (κ2) is 12.9. The van der Waals surface area contributed by atoms with Gasteiger partial charge in [-0.3, -0.25) is 0 Å². The largest absolute Gasteiger partial charge is 0.208 e. The van der Waals surface area contributed by atoms with Crippen LogP contribution in [-0.2, 0) is 0 Å². The van der Waals surface area contributed by atoms with Crippen LogP contribution in [0.2, 0.25) is 0 Å². The summed E-state index contributed by atoms with van der Waals surface area (Å²) < 4.78 is 2.42. The zero-order valence-electron chi connectivity index (χ0n) is 27.4. The van der Waals surface area contributed by atoms with Crippen molar-refractivity contribution < 1.29 is 0 Å². The quantitative estimate of drug-likeness (QED) is 0.177. The first-order valence-corrected chi connectivity index (χ1v) is 17.6. The van der Waals surface area contributed by atoms with Gasteiger partial charge in [0.05, 0.1) is 11.6 Å². The van der Waals surface area contributed by atoms with E-state index in [1.807, 2.05) is 78.9 Å². The normalized spacial score (nSPS) is 11.1. The van der Waals surface area contributed by atoms with Crippen molar-refractivity contribution in [1.29, 1.82) is 5.26 Å². The Balaban J connectivity index is 1.14. The molecule has 0 aliphatic carbocycles. The van der Waals surface area contributed by atoms with Crippen LogP contribution in [-0.4, -0.2) is 15.0 Å². The lowest BCUT2D eigenvalue weighted by Gasteiger charge is -2.10. The Hall–Kier alpha value is -6.74. The lowest BCUT2D eigenvalue weighted by Crippen LogP contribution is -2.00. The van der Waals surface area contributed by atoms with Crippen molar-refractivity contribution in [3.63, 3.8) is 0 Å². The number of thiophene rings is 1. The molecule has 0 saturated carbocycles. The van der Waals surface area contributed by atoms with Gasteiger partial charge in [-0.25, -0.2) is 15.0 Å². The molecule has 7 aromatic carbocycles. The SMILES string of the molecule is N#Cc1ccccc1-c1ccc(-c2nc(-c3ccccc3)nc(-c3ccc4c(c3)sc3cccc(-c5cccc(-c6ccccc6)c5)c34)n2)cc1. The molecule has 0 bridgehead atoms. The Morgan fingerprint density at radius 1 is 0.392 bits per heavy atom. The number of nitriles is 1. The summed E-state index contributed by atoms with van der Waals surface area (Å²) in [5, 5.41) is 12.1. The average Bonchev–Trinajstić information content (AvgIpc) is 3.60. The second-order valence-corrected chi connectivity index (χ2v) is 13.4. The van der Waals surface area contributed by atoms with Crippen molar-refractivity contribution in [3.05, 3.63) is 175 Å². The second-order valence-electron chi connectivity index (χ2n) is 12.3. The van der Waals surface area contributed by atoms with Crippen LogP contribution in [0.15, 0.2) is 170 Å². The highest BCUT2D eigenvalue weighted by Crippen LogP contribution is 2.42. The zero-order chi connectivity index (χ0) is 34.1. The predicted octanol–water partition coefficient (Wildman–Crippen LogP) is 12.1. The Morgan fingerprint density at radius 2 is 0.941 bits per heavy atom. The number of fused-ring (bicyclic) bond motifs is 3. The monoisotopic (exact) mass is 668 g/mol. The summed E-state index contributed by atoms with van der Waals surface area (Å²) in [5.74, 6) is 1.83. The Labute approximate surface area is 299 Å². The number of rotatable bonds is 6. The number of hydrogen-bond donors (Lipinski definition) is 0. The van der Waals surface area contributed by atoms with Gasteiger partial charge in [-0.15, -0.1) is 11.3 Å². The van der Waals surface area contributed by atoms with Crippen molar-refractivity contribution in [2.45, 2.75) is 0 Å². The van der Waals surface area contributed by atoms with Crippen LogP contribution in [0.1, 0.15) is 5.56 Å². The van der Waals surface area contributed by atoms with Crippen molar-refractivity contribution in [3.8, 4) is 73.6 Å². The van der Waals surface area contributed by atoms with E-state index in [0.29, 0.717) is 23.0 Å². The molecule has 5 heteroatoms. The summed E-state index contributed by atoms with van der Waals surface area (Å²) in [7, 11) is 0. The van der Waals surface area contributed by atoms with E-state index in [9.17, 15) is 5.26 Å². The van der Waals surface area contributed by atoms with Crippen molar-refractivity contribution >= 4 is 31.5 Å². The first-order chi connectivity index (χ1) is 25.2. The molecule has 238 valence electrons. The van der Waals surface area contributed by atoms with Crippen LogP contribution >= 0.6 is 11.3 Å². The van der Waals surface area contributed by atoms with Crippen LogP contribution in [0.4, 0.5) is 0 Å². The molecule has 0 aliphatic heterocycles. The van der Waals surface area contributed by atoms with E-state index in [2.05, 4.69) is 97.1 Å². The highest BCUT2D eigenvalue weighted by Gasteiger charge is 2.16. The van der Waals surface area contributed by atoms with Gasteiger partial charge in [-0.1, -0.05) is 146 Å². The van der Waals surface area contributed by atoms with Crippen molar-refractivity contribution in [2.24, 2.45) is 0 Å². The zero-order valence-corrected chi connectivity index (χ0v) is 28.2. The molecule has 0 amide bonds. The minimum absolute atomic E-state index is 0.594. The van der Waals surface area contributed by atoms with E-state index in [1.165, 1.54) is 42.4 Å². The van der Waals surface area contributed by atoms with E-state index >= 15 is 0 Å². The molecule has 0 aliphatic rings. The third-order valence-electron chi connectivity index (χ3n) is 9.21. The van der Waals surface area contributed by atoms with Gasteiger partial charge in [0.2, 0.25) is 0 Å². The van der Waals surface area contributed by atoms with Crippen LogP contribution in [0.25, 0.3) is 87.7 Å². The molecule has 0 fully saturated rings. The molecule has 51 heavy (non-hydrogen) atoms. The number of benzene rings is 7. The van der Waals surface area contributed by atoms with Gasteiger partial charge in [-0.2, -0.15) is 5.26 Å². The third kappa shape index (κ3) is 5.74. The third-order valence-corrected chi connectivity index (χ3v) is 10.3. The lowest BCUT2D eigenvalue weighted by atomic mass is 9.96. The molecule has 0 radical (unpaired) electrons. The molecule has 2 aromatic heterocycles. The molecule has 0 spiro atoms. The standard InChI is InChI=1S/C46H28N4S/c47-29-37-15-7-8-18-38(37)31-21-23-33(24-22-31)45-48-44(32-13-5-2-6-14-32)49-46(50-45)36-25-26-40-42(28-36)51-41-20-10-19-39(43(40)41)35-17-9-16-34(27-35)30-11-3-1-4-12-30/h1-28H. The fraction of sp³-hybridized carbons (Fsp3) is 0. The van der Waals surface area contributed by atoms with Gasteiger partial charge >= 0.3 is 0 Å². The molecule has 0 unspecified atom stereocenters. The fourth-order valence-corrected chi connectivity index (χ4v) is 7.86. The minimum atomic E-state index is 0.594. The van der Waals surface area contributed by atoms with E-state index in [-0.39, 0.29) is 0 Å². The van der Waals surface area contributed by atoms with Crippen molar-refractivity contribution in [1.82, 2.24) is 15.0 Å². The molecule has 9 rings (SSSR count). The van der Waals surface area contributed by atoms with E-state index < -0.39 is 0 Å². The molecular weight excluding hydrogens is 641 g/mol. The summed E-state index contributed by atoms with van der Waals surface area (Å²) in [6.45, 7) is 0. The molecule has 0 N–H and O–H groups in total. The van der Waals surface area contributed by atoms with Crippen LogP contribution in [0, 0.1) is 11.3 Å². The first-order valence-electron chi connectivity index (χ1n) is 16.7. The molecule has 4 nitrogen and oxygen atoms in total. The van der Waals surface area contributed by atoms with E-state index in [4.69, 9.17) is 15.0 Å². The van der Waals surface area contributed by atoms with Crippen LogP contribution in [0.5, 0.6) is 0 Å². The molecule has 2 heterocycles. The summed E-state index contributed by atoms with van der Waals surface area (Å²) >= 11 is 1.79. The fourth-order valence-electron chi connectivity index (χ4n) is 6.68. The highest BCUT2D eigenvalue weighted by molar-refractivity contribution is 7.26. The molecular formula is C46H28N4S. The van der Waals surface area contributed by atoms with Crippen LogP contribution in [0.3, 0.4) is 0 Å². The van der Waals surface area contributed by atoms with E-state index in [1.54, 1.807) is 11.3 Å². The Kier molecular flexibility index (Phi) is 7.70. The highest BCUT2D eigenvalue weighted by atomic mass is 32.1. The molecule has 0 saturated heterocycles. The molecule has 9 aromatic rings. The summed E-state index contributed by atoms with van der Waals surface area (Å²) in [6.07, 6.45) is 0. The van der Waals surface area contributed by atoms with Crippen LogP contribution < -0.4 is 0 Å². The predicted molar refractivity (Wildman–Crippen MR) is 210 cm³/mol. The van der Waals surface area contributed by atoms with Crippen molar-refractivity contribution in [2.75, 3.05) is 0 Å². The number of aromatic nitrogens is 3. The maximum Gasteiger partial charge on any atom is 0.164 e. The van der Waals surface area contributed by atoms with Gasteiger partial charge in [0.1, 0.15) is 0 Å². The summed E-state index contributed by atoms with van der Waals surface area (Å²) in [4.78, 5) is 15.0. The maximum atomic E-state index is 9.64. The smallest absolute Gasteiger partial charge is 0.164 e. The Morgan fingerprint density at radius 3 is 1.69 bits per heavy atom.